The summed E-state index contributed by atoms with van der Waals surface area (Å²) in [6.07, 6.45) is -5.39. The van der Waals surface area contributed by atoms with Crippen LogP contribution in [0.5, 0.6) is 5.75 Å². The Labute approximate surface area is 186 Å². The highest BCUT2D eigenvalue weighted by molar-refractivity contribution is 6.23. The number of aryl methyl sites for hydroxylation is 1. The van der Waals surface area contributed by atoms with Crippen LogP contribution in [-0.4, -0.2) is 41.8 Å². The third-order valence-corrected chi connectivity index (χ3v) is 5.54. The summed E-state index contributed by atoms with van der Waals surface area (Å²) in [6.45, 7) is 1.50. The summed E-state index contributed by atoms with van der Waals surface area (Å²) in [7, 11) is 0. The molecule has 0 aliphatic carbocycles. The summed E-state index contributed by atoms with van der Waals surface area (Å²) in [5.41, 5.74) is 6.85. The molecule has 2 N–H and O–H groups in total. The van der Waals surface area contributed by atoms with Crippen LogP contribution >= 0.6 is 0 Å². The number of hydrogen-bond donors (Lipinski definition) is 1. The lowest BCUT2D eigenvalue weighted by Crippen LogP contribution is -2.40. The number of imide groups is 1. The fourth-order valence-electron chi connectivity index (χ4n) is 4.16. The lowest BCUT2D eigenvalue weighted by Gasteiger charge is -2.26. The molecule has 4 rings (SSSR count). The third-order valence-electron chi connectivity index (χ3n) is 5.54. The summed E-state index contributed by atoms with van der Waals surface area (Å²) < 4.78 is 42.1. The van der Waals surface area contributed by atoms with E-state index in [1.54, 1.807) is 24.3 Å². The molecule has 0 spiro atoms. The Morgan fingerprint density at radius 3 is 2.42 bits per heavy atom. The maximum absolute atomic E-state index is 13.4. The minimum Gasteiger partial charge on any atom is -0.406 e. The zero-order valence-corrected chi connectivity index (χ0v) is 17.4. The monoisotopic (exact) mass is 463 g/mol. The molecule has 3 atom stereocenters. The lowest BCUT2D eigenvalue weighted by molar-refractivity contribution is -0.274. The molecule has 33 heavy (non-hydrogen) atoms. The number of nitrogens with two attached hydrogens (primary N) is 1. The molecule has 2 aromatic carbocycles. The van der Waals surface area contributed by atoms with Gasteiger partial charge in [-0.2, -0.15) is 5.06 Å². The second-order valence-electron chi connectivity index (χ2n) is 7.69. The van der Waals surface area contributed by atoms with Crippen LogP contribution in [0.25, 0.3) is 0 Å². The largest absolute Gasteiger partial charge is 0.573 e. The standard InChI is InChI=1S/C22H20F3N3O5/c1-2-12-6-8-14(9-7-12)28-20(30)17-18(27(11-16(26)29)33-19(17)21(28)31)13-4-3-5-15(10-13)32-22(23,24)25/h3-10,17-19H,2,11H2,1H3,(H2,26,29). The predicted octanol–water partition coefficient (Wildman–Crippen LogP) is 2.48. The van der Waals surface area contributed by atoms with E-state index in [2.05, 4.69) is 4.74 Å². The molecule has 0 radical (unpaired) electrons. The van der Waals surface area contributed by atoms with Gasteiger partial charge in [0.05, 0.1) is 17.6 Å². The Kier molecular flexibility index (Phi) is 5.85. The first-order chi connectivity index (χ1) is 15.6. The highest BCUT2D eigenvalue weighted by atomic mass is 19.4. The fraction of sp³-hybridized carbons (Fsp3) is 0.318. The van der Waals surface area contributed by atoms with Crippen molar-refractivity contribution in [1.82, 2.24) is 5.06 Å². The molecule has 8 nitrogen and oxygen atoms in total. The summed E-state index contributed by atoms with van der Waals surface area (Å²) >= 11 is 0. The summed E-state index contributed by atoms with van der Waals surface area (Å²) in [5.74, 6) is -3.62. The number of amides is 3. The number of nitrogens with zero attached hydrogens (tertiary/aromatic N) is 2. The molecule has 0 bridgehead atoms. The second-order valence-corrected chi connectivity index (χ2v) is 7.69. The van der Waals surface area contributed by atoms with Crippen molar-refractivity contribution < 1.29 is 37.1 Å². The smallest absolute Gasteiger partial charge is 0.406 e. The highest BCUT2D eigenvalue weighted by Crippen LogP contribution is 2.46. The van der Waals surface area contributed by atoms with E-state index in [1.807, 2.05) is 6.92 Å². The third kappa shape index (κ3) is 4.41. The van der Waals surface area contributed by atoms with Gasteiger partial charge in [0.25, 0.3) is 5.91 Å². The Morgan fingerprint density at radius 1 is 1.12 bits per heavy atom. The Balaban J connectivity index is 1.70. The van der Waals surface area contributed by atoms with Gasteiger partial charge in [0.1, 0.15) is 12.3 Å². The van der Waals surface area contributed by atoms with E-state index in [-0.39, 0.29) is 5.56 Å². The average molecular weight is 463 g/mol. The van der Waals surface area contributed by atoms with Crippen LogP contribution in [0, 0.1) is 5.92 Å². The van der Waals surface area contributed by atoms with Crippen molar-refractivity contribution in [3.8, 4) is 5.75 Å². The average Bonchev–Trinajstić information content (AvgIpc) is 3.22. The zero-order chi connectivity index (χ0) is 23.9. The maximum Gasteiger partial charge on any atom is 0.573 e. The molecular formula is C22H20F3N3O5. The van der Waals surface area contributed by atoms with Crippen LogP contribution in [0.3, 0.4) is 0 Å². The number of carbonyl (C=O) groups excluding carboxylic acids is 3. The van der Waals surface area contributed by atoms with Crippen LogP contribution in [0.2, 0.25) is 0 Å². The van der Waals surface area contributed by atoms with Crippen LogP contribution < -0.4 is 15.4 Å². The fourth-order valence-corrected chi connectivity index (χ4v) is 4.16. The molecule has 174 valence electrons. The van der Waals surface area contributed by atoms with E-state index >= 15 is 0 Å². The summed E-state index contributed by atoms with van der Waals surface area (Å²) in [6, 6.07) is 10.8. The number of halogens is 3. The molecule has 11 heteroatoms. The Hall–Kier alpha value is -3.44. The van der Waals surface area contributed by atoms with Crippen LogP contribution in [0.1, 0.15) is 24.1 Å². The number of rotatable bonds is 6. The van der Waals surface area contributed by atoms with Gasteiger partial charge in [0.2, 0.25) is 11.8 Å². The number of fused-ring (bicyclic) bond motifs is 1. The minimum atomic E-state index is -4.92. The van der Waals surface area contributed by atoms with Crippen molar-refractivity contribution >= 4 is 23.4 Å². The molecule has 0 saturated carbocycles. The first kappa shape index (κ1) is 22.7. The first-order valence-electron chi connectivity index (χ1n) is 10.1. The van der Waals surface area contributed by atoms with Gasteiger partial charge in [-0.15, -0.1) is 13.2 Å². The number of primary amides is 1. The molecule has 3 amide bonds. The van der Waals surface area contributed by atoms with Gasteiger partial charge in [-0.05, 0) is 41.8 Å². The van der Waals surface area contributed by atoms with Gasteiger partial charge in [-0.25, -0.2) is 4.90 Å². The molecule has 2 aromatic rings. The number of anilines is 1. The van der Waals surface area contributed by atoms with Crippen LogP contribution in [0.4, 0.5) is 18.9 Å². The van der Waals surface area contributed by atoms with Crippen molar-refractivity contribution in [3.05, 3.63) is 59.7 Å². The molecule has 2 heterocycles. The molecule has 0 aromatic heterocycles. The first-order valence-corrected chi connectivity index (χ1v) is 10.1. The molecule has 2 aliphatic rings. The molecule has 2 aliphatic heterocycles. The molecule has 2 fully saturated rings. The predicted molar refractivity (Wildman–Crippen MR) is 108 cm³/mol. The number of hydrogen-bond acceptors (Lipinski definition) is 6. The van der Waals surface area contributed by atoms with E-state index in [0.29, 0.717) is 5.69 Å². The lowest BCUT2D eigenvalue weighted by atomic mass is 9.90. The summed E-state index contributed by atoms with van der Waals surface area (Å²) in [5, 5.41) is 1.07. The van der Waals surface area contributed by atoms with Gasteiger partial charge in [0.15, 0.2) is 6.10 Å². The molecular weight excluding hydrogens is 443 g/mol. The van der Waals surface area contributed by atoms with E-state index < -0.39 is 54.4 Å². The topological polar surface area (TPSA) is 102 Å². The van der Waals surface area contributed by atoms with E-state index in [9.17, 15) is 27.6 Å². The van der Waals surface area contributed by atoms with Gasteiger partial charge < -0.3 is 10.5 Å². The number of ether oxygens (including phenoxy) is 1. The van der Waals surface area contributed by atoms with Crippen molar-refractivity contribution in [1.29, 1.82) is 0 Å². The number of benzene rings is 2. The maximum atomic E-state index is 13.4. The number of hydroxylamine groups is 2. The van der Waals surface area contributed by atoms with Gasteiger partial charge in [-0.3, -0.25) is 19.2 Å². The second kappa shape index (κ2) is 8.49. The van der Waals surface area contributed by atoms with E-state index in [1.165, 1.54) is 12.1 Å². The van der Waals surface area contributed by atoms with Crippen molar-refractivity contribution in [3.63, 3.8) is 0 Å². The Morgan fingerprint density at radius 2 is 1.82 bits per heavy atom. The molecule has 2 saturated heterocycles. The van der Waals surface area contributed by atoms with E-state index in [4.69, 9.17) is 10.6 Å². The van der Waals surface area contributed by atoms with E-state index in [0.717, 1.165) is 34.1 Å². The van der Waals surface area contributed by atoms with Crippen molar-refractivity contribution in [2.75, 3.05) is 11.4 Å². The van der Waals surface area contributed by atoms with Crippen molar-refractivity contribution in [2.45, 2.75) is 31.9 Å². The highest BCUT2D eigenvalue weighted by Gasteiger charge is 2.60. The molecule has 3 unspecified atom stereocenters. The van der Waals surface area contributed by atoms with Crippen LogP contribution in [0.15, 0.2) is 48.5 Å². The van der Waals surface area contributed by atoms with Gasteiger partial charge >= 0.3 is 6.36 Å². The Bertz CT molecular complexity index is 1090. The number of alkyl halides is 3. The quantitative estimate of drug-likeness (QED) is 0.661. The zero-order valence-electron chi connectivity index (χ0n) is 17.4. The van der Waals surface area contributed by atoms with Gasteiger partial charge in [0, 0.05) is 0 Å². The summed E-state index contributed by atoms with van der Waals surface area (Å²) in [4.78, 5) is 44.6. The van der Waals surface area contributed by atoms with Gasteiger partial charge in [-0.1, -0.05) is 31.2 Å². The van der Waals surface area contributed by atoms with Crippen molar-refractivity contribution in [2.24, 2.45) is 11.7 Å². The normalized spacial score (nSPS) is 23.2. The van der Waals surface area contributed by atoms with Crippen LogP contribution in [-0.2, 0) is 25.6 Å². The number of carbonyl (C=O) groups is 3. The SMILES string of the molecule is CCc1ccc(N2C(=O)C3ON(CC(N)=O)C(c4cccc(OC(F)(F)F)c4)C3C2=O)cc1. The minimum absolute atomic E-state index is 0.204.